The van der Waals surface area contributed by atoms with Crippen LogP contribution < -0.4 is 0 Å². The molecule has 0 aliphatic carbocycles. The van der Waals surface area contributed by atoms with Crippen LogP contribution in [0.3, 0.4) is 0 Å². The monoisotopic (exact) mass is 325 g/mol. The average Bonchev–Trinajstić information content (AvgIpc) is 2.17. The predicted molar refractivity (Wildman–Crippen MR) is 50.9 cm³/mol. The summed E-state index contributed by atoms with van der Waals surface area (Å²) in [6.45, 7) is 0. The van der Waals surface area contributed by atoms with Gasteiger partial charge < -0.3 is 5.11 Å². The van der Waals surface area contributed by atoms with E-state index in [0.29, 0.717) is 5.56 Å². The van der Waals surface area contributed by atoms with Crippen LogP contribution in [0, 0.1) is 49.4 Å². The maximum atomic E-state index is 10.6. The minimum Gasteiger partial charge on any atom is -0.478 e. The van der Waals surface area contributed by atoms with Crippen LogP contribution in [0.4, 0.5) is 0 Å². The van der Waals surface area contributed by atoms with Crippen LogP contribution in [0.2, 0.25) is 0 Å². The van der Waals surface area contributed by atoms with Crippen molar-refractivity contribution >= 4 is 16.7 Å². The van der Waals surface area contributed by atoms with Gasteiger partial charge in [0.05, 0.1) is 5.56 Å². The van der Waals surface area contributed by atoms with Crippen LogP contribution in [0.1, 0.15) is 10.4 Å². The van der Waals surface area contributed by atoms with Crippen LogP contribution >= 0.6 is 0 Å². The standard InChI is InChI=1S/C11H8O2.Eu/c12-11(13)10-6-5-8-3-1-2-4-9(8)7-10;/h1-7H,(H,12,13);. The Balaban J connectivity index is 0.000000980. The van der Waals surface area contributed by atoms with E-state index < -0.39 is 5.97 Å². The SMILES string of the molecule is O=C(O)c1ccc2ccccc2c1.[Eu]. The van der Waals surface area contributed by atoms with E-state index in [1.54, 1.807) is 12.1 Å². The van der Waals surface area contributed by atoms with E-state index in [1.807, 2.05) is 30.3 Å². The molecular formula is C11H8EuO2. The second kappa shape index (κ2) is 5.01. The number of rotatable bonds is 1. The van der Waals surface area contributed by atoms with E-state index in [2.05, 4.69) is 0 Å². The van der Waals surface area contributed by atoms with Gasteiger partial charge in [0, 0.05) is 49.4 Å². The quantitative estimate of drug-likeness (QED) is 0.875. The predicted octanol–water partition coefficient (Wildman–Crippen LogP) is 2.54. The Hall–Kier alpha value is -0.246. The topological polar surface area (TPSA) is 37.3 Å². The zero-order valence-electron chi connectivity index (χ0n) is 7.27. The van der Waals surface area contributed by atoms with Gasteiger partial charge in [-0.15, -0.1) is 0 Å². The van der Waals surface area contributed by atoms with Gasteiger partial charge in [-0.3, -0.25) is 0 Å². The van der Waals surface area contributed by atoms with Gasteiger partial charge in [0.15, 0.2) is 0 Å². The van der Waals surface area contributed by atoms with Gasteiger partial charge in [-0.05, 0) is 22.9 Å². The van der Waals surface area contributed by atoms with Crippen molar-refractivity contribution in [3.63, 3.8) is 0 Å². The van der Waals surface area contributed by atoms with Gasteiger partial charge in [0.1, 0.15) is 0 Å². The molecule has 14 heavy (non-hydrogen) atoms. The molecule has 1 N–H and O–H groups in total. The van der Waals surface area contributed by atoms with E-state index in [1.165, 1.54) is 0 Å². The fraction of sp³-hybridized carbons (Fsp3) is 0. The summed E-state index contributed by atoms with van der Waals surface area (Å²) in [5, 5.41) is 10.8. The summed E-state index contributed by atoms with van der Waals surface area (Å²) in [5.74, 6) is -0.884. The zero-order chi connectivity index (χ0) is 9.26. The van der Waals surface area contributed by atoms with Crippen molar-refractivity contribution < 1.29 is 59.3 Å². The summed E-state index contributed by atoms with van der Waals surface area (Å²) in [4.78, 5) is 10.6. The van der Waals surface area contributed by atoms with Crippen molar-refractivity contribution in [2.24, 2.45) is 0 Å². The summed E-state index contributed by atoms with van der Waals surface area (Å²) in [6, 6.07) is 12.8. The molecule has 0 aromatic heterocycles. The van der Waals surface area contributed by atoms with Crippen molar-refractivity contribution in [1.82, 2.24) is 0 Å². The third kappa shape index (κ3) is 2.41. The van der Waals surface area contributed by atoms with Crippen LogP contribution in [0.5, 0.6) is 0 Å². The average molecular weight is 324 g/mol. The Labute approximate surface area is 122 Å². The molecular weight excluding hydrogens is 316 g/mol. The Kier molecular flexibility index (Phi) is 4.23. The largest absolute Gasteiger partial charge is 0.478 e. The molecule has 1 radical (unpaired) electrons. The minimum absolute atomic E-state index is 0. The van der Waals surface area contributed by atoms with E-state index in [4.69, 9.17) is 5.11 Å². The second-order valence-electron chi connectivity index (χ2n) is 2.87. The normalized spacial score (nSPS) is 9.43. The van der Waals surface area contributed by atoms with Crippen molar-refractivity contribution in [3.8, 4) is 0 Å². The molecule has 3 heteroatoms. The first-order valence-corrected chi connectivity index (χ1v) is 3.99. The number of fused-ring (bicyclic) bond motifs is 1. The molecule has 2 nitrogen and oxygen atoms in total. The van der Waals surface area contributed by atoms with Gasteiger partial charge in [-0.1, -0.05) is 30.3 Å². The van der Waals surface area contributed by atoms with Crippen molar-refractivity contribution in [2.75, 3.05) is 0 Å². The first-order valence-electron chi connectivity index (χ1n) is 3.99. The van der Waals surface area contributed by atoms with Crippen molar-refractivity contribution in [1.29, 1.82) is 0 Å². The molecule has 2 aromatic carbocycles. The van der Waals surface area contributed by atoms with Gasteiger partial charge in [-0.25, -0.2) is 4.79 Å². The molecule has 0 unspecified atom stereocenters. The van der Waals surface area contributed by atoms with E-state index in [0.717, 1.165) is 10.8 Å². The zero-order valence-corrected chi connectivity index (χ0v) is 9.70. The van der Waals surface area contributed by atoms with E-state index >= 15 is 0 Å². The third-order valence-corrected chi connectivity index (χ3v) is 2.00. The van der Waals surface area contributed by atoms with Gasteiger partial charge in [-0.2, -0.15) is 0 Å². The number of carboxylic acid groups (broad SMARTS) is 1. The molecule has 2 aromatic rings. The number of hydrogen-bond donors (Lipinski definition) is 1. The van der Waals surface area contributed by atoms with Gasteiger partial charge >= 0.3 is 5.97 Å². The molecule has 0 atom stereocenters. The van der Waals surface area contributed by atoms with E-state index in [-0.39, 0.29) is 49.4 Å². The fourth-order valence-electron chi connectivity index (χ4n) is 1.32. The Morgan fingerprint density at radius 3 is 2.29 bits per heavy atom. The molecule has 0 saturated carbocycles. The molecule has 0 aliphatic rings. The van der Waals surface area contributed by atoms with Crippen LogP contribution in [0.25, 0.3) is 10.8 Å². The molecule has 0 fully saturated rings. The summed E-state index contributed by atoms with van der Waals surface area (Å²) in [7, 11) is 0. The first-order chi connectivity index (χ1) is 6.27. The van der Waals surface area contributed by atoms with Crippen LogP contribution in [-0.2, 0) is 0 Å². The fourth-order valence-corrected chi connectivity index (χ4v) is 1.32. The second-order valence-corrected chi connectivity index (χ2v) is 2.87. The molecule has 0 aliphatic heterocycles. The van der Waals surface area contributed by atoms with Crippen LogP contribution in [0.15, 0.2) is 42.5 Å². The van der Waals surface area contributed by atoms with Crippen LogP contribution in [-0.4, -0.2) is 11.1 Å². The maximum absolute atomic E-state index is 10.6. The number of hydrogen-bond acceptors (Lipinski definition) is 1. The summed E-state index contributed by atoms with van der Waals surface area (Å²) in [6.07, 6.45) is 0. The van der Waals surface area contributed by atoms with Gasteiger partial charge in [0.2, 0.25) is 0 Å². The number of benzene rings is 2. The molecule has 0 saturated heterocycles. The van der Waals surface area contributed by atoms with E-state index in [9.17, 15) is 4.79 Å². The number of carboxylic acids is 1. The Morgan fingerprint density at radius 1 is 1.00 bits per heavy atom. The molecule has 0 bridgehead atoms. The Morgan fingerprint density at radius 2 is 1.64 bits per heavy atom. The maximum Gasteiger partial charge on any atom is 0.335 e. The third-order valence-electron chi connectivity index (χ3n) is 2.00. The minimum atomic E-state index is -0.884. The first kappa shape index (κ1) is 11.8. The Bertz CT molecular complexity index is 466. The van der Waals surface area contributed by atoms with Crippen molar-refractivity contribution in [3.05, 3.63) is 48.0 Å². The number of carbonyl (C=O) groups is 1. The smallest absolute Gasteiger partial charge is 0.335 e. The summed E-state index contributed by atoms with van der Waals surface area (Å²) >= 11 is 0. The number of aromatic carboxylic acids is 1. The summed E-state index contributed by atoms with van der Waals surface area (Å²) in [5.41, 5.74) is 0.332. The van der Waals surface area contributed by atoms with Crippen molar-refractivity contribution in [2.45, 2.75) is 0 Å². The molecule has 2 rings (SSSR count). The van der Waals surface area contributed by atoms with Gasteiger partial charge in [0.25, 0.3) is 0 Å². The molecule has 0 spiro atoms. The molecule has 0 amide bonds. The summed E-state index contributed by atoms with van der Waals surface area (Å²) < 4.78 is 0. The molecule has 0 heterocycles. The molecule has 71 valence electrons.